The van der Waals surface area contributed by atoms with Crippen LogP contribution in [0.5, 0.6) is 5.75 Å². The summed E-state index contributed by atoms with van der Waals surface area (Å²) in [5.74, 6) is -0.0863. The molecule has 4 aliphatic heterocycles. The Balaban J connectivity index is 1.28. The fourth-order valence-electron chi connectivity index (χ4n) is 5.94. The smallest absolute Gasteiger partial charge is 0.437 e. The van der Waals surface area contributed by atoms with E-state index in [1.165, 1.54) is 6.08 Å². The lowest BCUT2D eigenvalue weighted by Crippen LogP contribution is -2.52. The molecule has 4 aliphatic rings. The van der Waals surface area contributed by atoms with Crippen LogP contribution in [-0.2, 0) is 15.7 Å². The molecule has 1 N–H and O–H groups in total. The Bertz CT molecular complexity index is 1280. The van der Waals surface area contributed by atoms with Gasteiger partial charge in [0.25, 0.3) is 0 Å². The van der Waals surface area contributed by atoms with E-state index < -0.39 is 18.0 Å². The third kappa shape index (κ3) is 4.80. The minimum Gasteiger partial charge on any atom is -0.481 e. The average Bonchev–Trinajstić information content (AvgIpc) is 3.32. The van der Waals surface area contributed by atoms with Crippen LogP contribution in [0, 0.1) is 0 Å². The zero-order valence-electron chi connectivity index (χ0n) is 21.7. The zero-order chi connectivity index (χ0) is 27.3. The van der Waals surface area contributed by atoms with E-state index in [4.69, 9.17) is 9.47 Å². The van der Waals surface area contributed by atoms with Crippen molar-refractivity contribution in [3.05, 3.63) is 47.9 Å². The molecule has 0 aliphatic carbocycles. The first-order valence-corrected chi connectivity index (χ1v) is 13.3. The van der Waals surface area contributed by atoms with E-state index in [0.717, 1.165) is 12.1 Å². The van der Waals surface area contributed by atoms with Crippen molar-refractivity contribution < 1.29 is 27.4 Å². The number of pyridine rings is 2. The van der Waals surface area contributed by atoms with Gasteiger partial charge in [-0.2, -0.15) is 13.2 Å². The molecule has 3 saturated heterocycles. The molecular weight excluding hydrogens is 513 g/mol. The standard InChI is InChI=1S/C27H31F3N6O3/c1-3-22(37)35-7-5-18(15-35)36-13-17(14-36)19-12-20-24(25(32-19)27(28,29)30)39-16(2)23-21(4-6-31-26(23)33-20)34-8-10-38-11-9-34/h3-4,6,12,16-18H,1,5,7-11,13-15H2,2H3,(H,31,33)/t16-,18+/m0/s1. The molecule has 6 rings (SSSR count). The molecule has 208 valence electrons. The highest BCUT2D eigenvalue weighted by Crippen LogP contribution is 2.48. The second-order valence-electron chi connectivity index (χ2n) is 10.4. The number of carbonyl (C=O) groups excluding carboxylic acids is 1. The van der Waals surface area contributed by atoms with Gasteiger partial charge in [0.05, 0.1) is 24.5 Å². The first-order chi connectivity index (χ1) is 18.7. The van der Waals surface area contributed by atoms with Crippen LogP contribution >= 0.6 is 0 Å². The molecule has 0 aromatic carbocycles. The summed E-state index contributed by atoms with van der Waals surface area (Å²) in [7, 11) is 0. The van der Waals surface area contributed by atoms with Gasteiger partial charge in [0.15, 0.2) is 11.4 Å². The molecule has 9 nitrogen and oxygen atoms in total. The van der Waals surface area contributed by atoms with E-state index in [9.17, 15) is 18.0 Å². The molecule has 6 heterocycles. The Kier molecular flexibility index (Phi) is 6.62. The molecule has 0 bridgehead atoms. The van der Waals surface area contributed by atoms with Crippen molar-refractivity contribution in [3.8, 4) is 5.75 Å². The Labute approximate surface area is 224 Å². The first-order valence-electron chi connectivity index (χ1n) is 13.3. The van der Waals surface area contributed by atoms with E-state index in [2.05, 4.69) is 31.7 Å². The third-order valence-corrected chi connectivity index (χ3v) is 8.03. The minimum absolute atomic E-state index is 0.0946. The summed E-state index contributed by atoms with van der Waals surface area (Å²) in [4.78, 5) is 26.6. The van der Waals surface area contributed by atoms with Gasteiger partial charge in [-0.1, -0.05) is 6.58 Å². The third-order valence-electron chi connectivity index (χ3n) is 8.03. The molecular formula is C27H31F3N6O3. The highest BCUT2D eigenvalue weighted by atomic mass is 19.4. The van der Waals surface area contributed by atoms with E-state index >= 15 is 0 Å². The number of anilines is 3. The predicted octanol–water partition coefficient (Wildman–Crippen LogP) is 3.72. The second-order valence-corrected chi connectivity index (χ2v) is 10.4. The second kappa shape index (κ2) is 9.98. The number of hydrogen-bond acceptors (Lipinski definition) is 8. The number of ether oxygens (including phenoxy) is 2. The maximum atomic E-state index is 14.3. The van der Waals surface area contributed by atoms with Crippen LogP contribution in [-0.4, -0.2) is 84.2 Å². The summed E-state index contributed by atoms with van der Waals surface area (Å²) >= 11 is 0. The van der Waals surface area contributed by atoms with Crippen LogP contribution in [0.3, 0.4) is 0 Å². The highest BCUT2D eigenvalue weighted by Gasteiger charge is 2.43. The van der Waals surface area contributed by atoms with Crippen LogP contribution in [0.1, 0.15) is 42.3 Å². The molecule has 0 unspecified atom stereocenters. The van der Waals surface area contributed by atoms with Crippen LogP contribution in [0.15, 0.2) is 31.0 Å². The summed E-state index contributed by atoms with van der Waals surface area (Å²) in [5.41, 5.74) is 1.13. The van der Waals surface area contributed by atoms with Crippen molar-refractivity contribution in [2.45, 2.75) is 37.6 Å². The first kappa shape index (κ1) is 25.9. The molecule has 2 aromatic heterocycles. The zero-order valence-corrected chi connectivity index (χ0v) is 21.7. The summed E-state index contributed by atoms with van der Waals surface area (Å²) in [6.45, 7) is 10.2. The van der Waals surface area contributed by atoms with Gasteiger partial charge in [0.2, 0.25) is 5.91 Å². The minimum atomic E-state index is -4.70. The number of likely N-dealkylation sites (tertiary alicyclic amines) is 2. The van der Waals surface area contributed by atoms with E-state index in [-0.39, 0.29) is 29.3 Å². The Morgan fingerprint density at radius 2 is 1.97 bits per heavy atom. The van der Waals surface area contributed by atoms with E-state index in [1.54, 1.807) is 24.1 Å². The number of rotatable bonds is 4. The number of morpholine rings is 1. The van der Waals surface area contributed by atoms with Gasteiger partial charge in [0, 0.05) is 68.8 Å². The van der Waals surface area contributed by atoms with Gasteiger partial charge in [-0.05, 0) is 31.6 Å². The number of nitrogens with zero attached hydrogens (tertiary/aromatic N) is 5. The lowest BCUT2D eigenvalue weighted by Gasteiger charge is -2.43. The lowest BCUT2D eigenvalue weighted by molar-refractivity contribution is -0.143. The molecule has 3 fully saturated rings. The van der Waals surface area contributed by atoms with Gasteiger partial charge in [-0.15, -0.1) is 0 Å². The van der Waals surface area contributed by atoms with Crippen LogP contribution in [0.4, 0.5) is 30.4 Å². The SMILES string of the molecule is C=CC(=O)N1CC[C@@H](N2CC(c3cc4c(c(C(F)(F)F)n3)O[C@@H](C)c3c(N5CCOCC5)ccnc3N4)C2)C1. The van der Waals surface area contributed by atoms with Crippen molar-refractivity contribution in [3.63, 3.8) is 0 Å². The predicted molar refractivity (Wildman–Crippen MR) is 138 cm³/mol. The van der Waals surface area contributed by atoms with Gasteiger partial charge in [-0.25, -0.2) is 9.97 Å². The molecule has 12 heteroatoms. The van der Waals surface area contributed by atoms with Crippen molar-refractivity contribution in [1.82, 2.24) is 19.8 Å². The molecule has 2 atom stereocenters. The number of carbonyl (C=O) groups is 1. The fraction of sp³-hybridized carbons (Fsp3) is 0.519. The van der Waals surface area contributed by atoms with Crippen molar-refractivity contribution in [2.24, 2.45) is 0 Å². The molecule has 2 aromatic rings. The van der Waals surface area contributed by atoms with Gasteiger partial charge >= 0.3 is 6.18 Å². The largest absolute Gasteiger partial charge is 0.481 e. The number of aromatic nitrogens is 2. The summed E-state index contributed by atoms with van der Waals surface area (Å²) in [6, 6.07) is 3.72. The number of fused-ring (bicyclic) bond motifs is 2. The number of hydrogen-bond donors (Lipinski definition) is 1. The van der Waals surface area contributed by atoms with Crippen molar-refractivity contribution >= 4 is 23.1 Å². The van der Waals surface area contributed by atoms with Crippen LogP contribution in [0.25, 0.3) is 0 Å². The monoisotopic (exact) mass is 544 g/mol. The molecule has 39 heavy (non-hydrogen) atoms. The van der Waals surface area contributed by atoms with Crippen LogP contribution < -0.4 is 15.0 Å². The summed E-state index contributed by atoms with van der Waals surface area (Å²) < 4.78 is 54.4. The van der Waals surface area contributed by atoms with Crippen molar-refractivity contribution in [1.29, 1.82) is 0 Å². The lowest BCUT2D eigenvalue weighted by atomic mass is 9.92. The van der Waals surface area contributed by atoms with Crippen LogP contribution in [0.2, 0.25) is 0 Å². The van der Waals surface area contributed by atoms with Gasteiger partial charge in [-0.3, -0.25) is 9.69 Å². The number of nitrogens with one attached hydrogen (secondary N) is 1. The maximum absolute atomic E-state index is 14.3. The quantitative estimate of drug-likeness (QED) is 0.584. The Morgan fingerprint density at radius 3 is 2.69 bits per heavy atom. The van der Waals surface area contributed by atoms with Gasteiger partial charge < -0.3 is 24.6 Å². The molecule has 0 radical (unpaired) electrons. The Morgan fingerprint density at radius 1 is 1.21 bits per heavy atom. The van der Waals surface area contributed by atoms with Gasteiger partial charge in [0.1, 0.15) is 11.9 Å². The Hall–Kier alpha value is -3.38. The molecule has 0 spiro atoms. The highest BCUT2D eigenvalue weighted by molar-refractivity contribution is 5.87. The van der Waals surface area contributed by atoms with E-state index in [0.29, 0.717) is 69.6 Å². The molecule has 1 amide bonds. The van der Waals surface area contributed by atoms with E-state index in [1.807, 2.05) is 6.07 Å². The topological polar surface area (TPSA) is 83.1 Å². The number of amides is 1. The average molecular weight is 545 g/mol. The summed E-state index contributed by atoms with van der Waals surface area (Å²) in [6.07, 6.45) is -1.58. The maximum Gasteiger partial charge on any atom is 0.437 e. The van der Waals surface area contributed by atoms with Crippen molar-refractivity contribution in [2.75, 3.05) is 62.7 Å². The number of alkyl halides is 3. The normalized spacial score (nSPS) is 23.7. The fourth-order valence-corrected chi connectivity index (χ4v) is 5.94. The molecule has 0 saturated carbocycles. The number of halogens is 3. The summed E-state index contributed by atoms with van der Waals surface area (Å²) in [5, 5.41) is 3.16.